The van der Waals surface area contributed by atoms with Gasteiger partial charge in [0, 0.05) is 17.8 Å². The molecule has 3 amide bonds. The van der Waals surface area contributed by atoms with E-state index < -0.39 is 10.7 Å². The van der Waals surface area contributed by atoms with Crippen molar-refractivity contribution in [2.75, 3.05) is 28.6 Å². The fraction of sp³-hybridized carbons (Fsp3) is 0.222. The summed E-state index contributed by atoms with van der Waals surface area (Å²) in [6, 6.07) is 21.0. The average molecular weight is 490 g/mol. The van der Waals surface area contributed by atoms with Crippen molar-refractivity contribution in [1.82, 2.24) is 5.32 Å². The third-order valence-corrected chi connectivity index (χ3v) is 7.66. The van der Waals surface area contributed by atoms with Crippen LogP contribution in [0.1, 0.15) is 16.7 Å². The van der Waals surface area contributed by atoms with Gasteiger partial charge in [-0.1, -0.05) is 48.0 Å². The number of thioether (sulfide) groups is 1. The smallest absolute Gasteiger partial charge is 0.269 e. The van der Waals surface area contributed by atoms with Gasteiger partial charge in [-0.05, 0) is 49.2 Å². The van der Waals surface area contributed by atoms with Gasteiger partial charge in [-0.25, -0.2) is 4.39 Å². The molecule has 0 aliphatic carbocycles. The SMILES string of the molecule is Cc1ccc2c(c1)[C@@]1(SCC(=O)N1c1ccc(F)cc1)C(=O)N2CC(=O)NCCc1ccccc1. The maximum absolute atomic E-state index is 14.0. The molecule has 2 aliphatic heterocycles. The van der Waals surface area contributed by atoms with Crippen LogP contribution in [-0.2, 0) is 25.7 Å². The van der Waals surface area contributed by atoms with Gasteiger partial charge < -0.3 is 5.32 Å². The Hall–Kier alpha value is -3.65. The summed E-state index contributed by atoms with van der Waals surface area (Å²) >= 11 is 1.23. The fourth-order valence-corrected chi connectivity index (χ4v) is 6.00. The molecule has 2 heterocycles. The summed E-state index contributed by atoms with van der Waals surface area (Å²) < 4.78 is 13.6. The Bertz CT molecular complexity index is 1300. The minimum atomic E-state index is -1.33. The number of carbonyl (C=O) groups excluding carboxylic acids is 3. The van der Waals surface area contributed by atoms with Crippen LogP contribution in [0.2, 0.25) is 0 Å². The lowest BCUT2D eigenvalue weighted by molar-refractivity contribution is -0.125. The Kier molecular flexibility index (Phi) is 6.06. The number of nitrogens with zero attached hydrogens (tertiary/aromatic N) is 2. The summed E-state index contributed by atoms with van der Waals surface area (Å²) in [5, 5.41) is 2.90. The maximum Gasteiger partial charge on any atom is 0.269 e. The summed E-state index contributed by atoms with van der Waals surface area (Å²) in [4.78, 5) is 41.4. The summed E-state index contributed by atoms with van der Waals surface area (Å²) in [5.41, 5.74) is 3.76. The van der Waals surface area contributed by atoms with Gasteiger partial charge in [-0.2, -0.15) is 0 Å². The normalized spacial score (nSPS) is 18.9. The molecule has 1 saturated heterocycles. The van der Waals surface area contributed by atoms with Crippen LogP contribution in [0.25, 0.3) is 0 Å². The molecule has 3 aromatic rings. The summed E-state index contributed by atoms with van der Waals surface area (Å²) in [6.45, 7) is 2.21. The number of hydrogen-bond donors (Lipinski definition) is 1. The van der Waals surface area contributed by atoms with Gasteiger partial charge in [0.05, 0.1) is 11.4 Å². The van der Waals surface area contributed by atoms with Crippen LogP contribution in [0.5, 0.6) is 0 Å². The third-order valence-electron chi connectivity index (χ3n) is 6.28. The molecule has 1 N–H and O–H groups in total. The maximum atomic E-state index is 14.0. The number of rotatable bonds is 6. The van der Waals surface area contributed by atoms with Gasteiger partial charge in [-0.3, -0.25) is 24.2 Å². The summed E-state index contributed by atoms with van der Waals surface area (Å²) in [6.07, 6.45) is 0.683. The van der Waals surface area contributed by atoms with E-state index in [-0.39, 0.29) is 30.0 Å². The molecule has 1 spiro atoms. The first-order valence-electron chi connectivity index (χ1n) is 11.4. The second kappa shape index (κ2) is 9.19. The monoisotopic (exact) mass is 489 g/mol. The zero-order valence-corrected chi connectivity index (χ0v) is 20.0. The molecule has 0 saturated carbocycles. The quantitative estimate of drug-likeness (QED) is 0.572. The molecule has 0 bridgehead atoms. The lowest BCUT2D eigenvalue weighted by Gasteiger charge is -2.33. The van der Waals surface area contributed by atoms with Crippen LogP contribution in [0, 0.1) is 12.7 Å². The Morgan fingerprint density at radius 2 is 1.80 bits per heavy atom. The number of nitrogens with one attached hydrogen (secondary N) is 1. The molecule has 1 atom stereocenters. The van der Waals surface area contributed by atoms with Crippen LogP contribution in [-0.4, -0.2) is 36.6 Å². The van der Waals surface area contributed by atoms with Crippen LogP contribution in [0.4, 0.5) is 15.8 Å². The average Bonchev–Trinajstić information content (AvgIpc) is 3.31. The zero-order valence-electron chi connectivity index (χ0n) is 19.2. The highest BCUT2D eigenvalue weighted by Crippen LogP contribution is 2.55. The fourth-order valence-electron chi connectivity index (χ4n) is 4.65. The standard InChI is InChI=1S/C27H24FN3O3S/c1-18-7-12-23-22(15-18)27(31(25(33)17-35-27)21-10-8-20(28)9-11-21)26(34)30(23)16-24(32)29-14-13-19-5-3-2-4-6-19/h2-12,15H,13-14,16-17H2,1H3,(H,29,32)/t27-/m1/s1. The Labute approximate surface area is 207 Å². The second-order valence-corrected chi connectivity index (χ2v) is 9.80. The van der Waals surface area contributed by atoms with Gasteiger partial charge in [0.25, 0.3) is 5.91 Å². The highest BCUT2D eigenvalue weighted by Gasteiger charge is 2.61. The minimum absolute atomic E-state index is 0.105. The molecule has 0 radical (unpaired) electrons. The van der Waals surface area contributed by atoms with Crippen molar-refractivity contribution < 1.29 is 18.8 Å². The molecule has 8 heteroatoms. The number of benzene rings is 3. The van der Waals surface area contributed by atoms with E-state index in [2.05, 4.69) is 5.32 Å². The molecule has 0 unspecified atom stereocenters. The first-order valence-corrected chi connectivity index (χ1v) is 12.3. The van der Waals surface area contributed by atoms with Crippen molar-refractivity contribution in [2.45, 2.75) is 18.2 Å². The molecule has 35 heavy (non-hydrogen) atoms. The van der Waals surface area contributed by atoms with E-state index in [0.29, 0.717) is 29.9 Å². The van der Waals surface area contributed by atoms with E-state index in [0.717, 1.165) is 11.1 Å². The van der Waals surface area contributed by atoms with E-state index >= 15 is 0 Å². The predicted molar refractivity (Wildman–Crippen MR) is 135 cm³/mol. The number of amides is 3. The molecular formula is C27H24FN3O3S. The van der Waals surface area contributed by atoms with Crippen molar-refractivity contribution in [2.24, 2.45) is 0 Å². The van der Waals surface area contributed by atoms with Crippen molar-refractivity contribution in [1.29, 1.82) is 0 Å². The number of hydrogen-bond acceptors (Lipinski definition) is 4. The Balaban J connectivity index is 1.43. The number of aryl methyl sites for hydroxylation is 1. The molecule has 0 aromatic heterocycles. The highest BCUT2D eigenvalue weighted by molar-refractivity contribution is 8.02. The molecular weight excluding hydrogens is 465 g/mol. The lowest BCUT2D eigenvalue weighted by atomic mass is 10.0. The predicted octanol–water partition coefficient (Wildman–Crippen LogP) is 3.77. The lowest BCUT2D eigenvalue weighted by Crippen LogP contribution is -2.51. The van der Waals surface area contributed by atoms with Gasteiger partial charge in [0.2, 0.25) is 16.7 Å². The van der Waals surface area contributed by atoms with Gasteiger partial charge in [0.15, 0.2) is 0 Å². The van der Waals surface area contributed by atoms with Crippen LogP contribution in [0.3, 0.4) is 0 Å². The Morgan fingerprint density at radius 1 is 1.06 bits per heavy atom. The minimum Gasteiger partial charge on any atom is -0.354 e. The van der Waals surface area contributed by atoms with E-state index in [4.69, 9.17) is 0 Å². The number of fused-ring (bicyclic) bond motifs is 2. The molecule has 178 valence electrons. The van der Waals surface area contributed by atoms with Gasteiger partial charge in [-0.15, -0.1) is 11.8 Å². The van der Waals surface area contributed by atoms with Gasteiger partial charge >= 0.3 is 0 Å². The van der Waals surface area contributed by atoms with Crippen molar-refractivity contribution in [3.05, 3.63) is 95.3 Å². The number of halogens is 1. The summed E-state index contributed by atoms with van der Waals surface area (Å²) in [5.74, 6) is -1.19. The second-order valence-electron chi connectivity index (χ2n) is 8.64. The van der Waals surface area contributed by atoms with E-state index in [9.17, 15) is 18.8 Å². The number of carbonyl (C=O) groups is 3. The van der Waals surface area contributed by atoms with E-state index in [1.54, 1.807) is 0 Å². The molecule has 6 nitrogen and oxygen atoms in total. The molecule has 1 fully saturated rings. The van der Waals surface area contributed by atoms with Crippen molar-refractivity contribution in [3.63, 3.8) is 0 Å². The van der Waals surface area contributed by atoms with Crippen LogP contribution >= 0.6 is 11.8 Å². The van der Waals surface area contributed by atoms with Crippen LogP contribution in [0.15, 0.2) is 72.8 Å². The summed E-state index contributed by atoms with van der Waals surface area (Å²) in [7, 11) is 0. The first kappa shape index (κ1) is 23.1. The first-order chi connectivity index (χ1) is 16.9. The molecule has 2 aliphatic rings. The molecule has 5 rings (SSSR count). The zero-order chi connectivity index (χ0) is 24.6. The van der Waals surface area contributed by atoms with Gasteiger partial charge in [0.1, 0.15) is 12.4 Å². The van der Waals surface area contributed by atoms with Crippen molar-refractivity contribution in [3.8, 4) is 0 Å². The van der Waals surface area contributed by atoms with Crippen LogP contribution < -0.4 is 15.1 Å². The number of anilines is 2. The van der Waals surface area contributed by atoms with E-state index in [1.165, 1.54) is 45.8 Å². The highest BCUT2D eigenvalue weighted by atomic mass is 32.2. The molecule has 3 aromatic carbocycles. The van der Waals surface area contributed by atoms with Crippen molar-refractivity contribution >= 4 is 40.9 Å². The van der Waals surface area contributed by atoms with E-state index in [1.807, 2.05) is 55.5 Å². The topological polar surface area (TPSA) is 69.7 Å². The third kappa shape index (κ3) is 4.08. The largest absolute Gasteiger partial charge is 0.354 e. The Morgan fingerprint density at radius 3 is 2.54 bits per heavy atom.